The topological polar surface area (TPSA) is 9.23 Å². The van der Waals surface area contributed by atoms with E-state index in [0.29, 0.717) is 5.92 Å². The van der Waals surface area contributed by atoms with Gasteiger partial charge in [0.25, 0.3) is 0 Å². The van der Waals surface area contributed by atoms with Gasteiger partial charge in [0.05, 0.1) is 0 Å². The zero-order chi connectivity index (χ0) is 24.0. The van der Waals surface area contributed by atoms with Crippen LogP contribution in [0.25, 0.3) is 38.2 Å². The fourth-order valence-corrected chi connectivity index (χ4v) is 6.80. The predicted octanol–water partition coefficient (Wildman–Crippen LogP) is 9.55. The Kier molecular flexibility index (Phi) is 3.90. The number of benzene rings is 5. The first-order chi connectivity index (χ1) is 17.6. The summed E-state index contributed by atoms with van der Waals surface area (Å²) in [5.41, 5.74) is 9.47. The minimum absolute atomic E-state index is 0.0167. The maximum absolute atomic E-state index is 6.46. The summed E-state index contributed by atoms with van der Waals surface area (Å²) in [4.78, 5) is 0. The second-order valence-electron chi connectivity index (χ2n) is 10.9. The first-order valence-corrected chi connectivity index (χ1v) is 12.9. The highest BCUT2D eigenvalue weighted by Crippen LogP contribution is 2.55. The van der Waals surface area contributed by atoms with Gasteiger partial charge in [-0.05, 0) is 74.7 Å². The van der Waals surface area contributed by atoms with Crippen molar-refractivity contribution in [3.05, 3.63) is 125 Å². The van der Waals surface area contributed by atoms with E-state index in [1.807, 2.05) is 0 Å². The first-order valence-electron chi connectivity index (χ1n) is 12.9. The molecule has 5 aromatic carbocycles. The molecule has 0 saturated heterocycles. The van der Waals surface area contributed by atoms with Crippen molar-refractivity contribution in [3.8, 4) is 22.6 Å². The normalized spacial score (nSPS) is 18.7. The van der Waals surface area contributed by atoms with E-state index in [4.69, 9.17) is 4.74 Å². The molecule has 1 aliphatic heterocycles. The maximum Gasteiger partial charge on any atom is 0.135 e. The number of fused-ring (bicyclic) bond motifs is 6. The second-order valence-corrected chi connectivity index (χ2v) is 10.9. The molecule has 0 aromatic heterocycles. The third-order valence-corrected chi connectivity index (χ3v) is 8.64. The molecule has 1 heterocycles. The van der Waals surface area contributed by atoms with Gasteiger partial charge in [-0.2, -0.15) is 0 Å². The van der Waals surface area contributed by atoms with Crippen LogP contribution in [-0.2, 0) is 5.41 Å². The lowest BCUT2D eigenvalue weighted by Crippen LogP contribution is -2.17. The molecule has 3 aliphatic rings. The zero-order valence-electron chi connectivity index (χ0n) is 20.5. The summed E-state index contributed by atoms with van der Waals surface area (Å²) in [6, 6.07) is 33.2. The van der Waals surface area contributed by atoms with Crippen LogP contribution < -0.4 is 4.74 Å². The third-order valence-electron chi connectivity index (χ3n) is 8.64. The molecule has 0 fully saturated rings. The minimum Gasteiger partial charge on any atom is -0.456 e. The summed E-state index contributed by atoms with van der Waals surface area (Å²) in [5, 5.41) is 5.10. The molecular weight excluding hydrogens is 436 g/mol. The number of allylic oxidation sites excluding steroid dienone is 4. The van der Waals surface area contributed by atoms with E-state index in [-0.39, 0.29) is 5.41 Å². The Bertz CT molecular complexity index is 1810. The van der Waals surface area contributed by atoms with Crippen molar-refractivity contribution in [1.82, 2.24) is 0 Å². The molecule has 2 aliphatic carbocycles. The zero-order valence-corrected chi connectivity index (χ0v) is 20.5. The summed E-state index contributed by atoms with van der Waals surface area (Å²) >= 11 is 0. The van der Waals surface area contributed by atoms with Crippen LogP contribution in [0.3, 0.4) is 0 Å². The highest BCUT2D eigenvalue weighted by atomic mass is 16.5. The molecule has 0 bridgehead atoms. The monoisotopic (exact) mass is 462 g/mol. The number of ether oxygens (including phenoxy) is 1. The van der Waals surface area contributed by atoms with E-state index in [0.717, 1.165) is 17.9 Å². The summed E-state index contributed by atoms with van der Waals surface area (Å²) in [5.74, 6) is 2.35. The van der Waals surface area contributed by atoms with Gasteiger partial charge in [-0.25, -0.2) is 0 Å². The van der Waals surface area contributed by atoms with Crippen LogP contribution in [0.15, 0.2) is 109 Å². The van der Waals surface area contributed by atoms with Gasteiger partial charge in [-0.15, -0.1) is 0 Å². The lowest BCUT2D eigenvalue weighted by Gasteiger charge is -2.28. The van der Waals surface area contributed by atoms with Crippen molar-refractivity contribution in [3.63, 3.8) is 0 Å². The fraction of sp³-hybridized carbons (Fsp3) is 0.143. The Morgan fingerprint density at radius 2 is 1.50 bits per heavy atom. The predicted molar refractivity (Wildman–Crippen MR) is 150 cm³/mol. The second kappa shape index (κ2) is 6.98. The SMILES string of the molecule is CC1(C)C2=CC(c3ccc4c(c3)Oc3cccc5cccc-4c35)=CCC2c2cc3ccccc3cc21. The van der Waals surface area contributed by atoms with Gasteiger partial charge < -0.3 is 4.74 Å². The maximum atomic E-state index is 6.46. The average Bonchev–Trinajstić information content (AvgIpc) is 3.13. The third kappa shape index (κ3) is 2.66. The largest absolute Gasteiger partial charge is 0.456 e. The van der Waals surface area contributed by atoms with E-state index in [2.05, 4.69) is 117 Å². The Morgan fingerprint density at radius 3 is 2.36 bits per heavy atom. The van der Waals surface area contributed by atoms with E-state index >= 15 is 0 Å². The highest BCUT2D eigenvalue weighted by molar-refractivity contribution is 6.04. The van der Waals surface area contributed by atoms with Crippen molar-refractivity contribution in [1.29, 1.82) is 0 Å². The van der Waals surface area contributed by atoms with Crippen molar-refractivity contribution in [2.45, 2.75) is 31.6 Å². The van der Waals surface area contributed by atoms with E-state index in [9.17, 15) is 0 Å². The lowest BCUT2D eigenvalue weighted by atomic mass is 9.76. The Morgan fingerprint density at radius 1 is 0.722 bits per heavy atom. The smallest absolute Gasteiger partial charge is 0.135 e. The van der Waals surface area contributed by atoms with Crippen molar-refractivity contribution < 1.29 is 4.74 Å². The summed E-state index contributed by atoms with van der Waals surface area (Å²) < 4.78 is 6.46. The van der Waals surface area contributed by atoms with Crippen molar-refractivity contribution in [2.75, 3.05) is 0 Å². The molecule has 36 heavy (non-hydrogen) atoms. The first kappa shape index (κ1) is 20.1. The Balaban J connectivity index is 1.22. The van der Waals surface area contributed by atoms with Gasteiger partial charge in [0, 0.05) is 22.3 Å². The van der Waals surface area contributed by atoms with Crippen LogP contribution in [0.5, 0.6) is 11.5 Å². The molecule has 0 saturated carbocycles. The molecule has 0 spiro atoms. The molecule has 0 amide bonds. The molecule has 1 atom stereocenters. The number of hydrogen-bond donors (Lipinski definition) is 0. The van der Waals surface area contributed by atoms with Gasteiger partial charge in [0.2, 0.25) is 0 Å². The fourth-order valence-electron chi connectivity index (χ4n) is 6.80. The molecule has 0 N–H and O–H groups in total. The summed E-state index contributed by atoms with van der Waals surface area (Å²) in [7, 11) is 0. The van der Waals surface area contributed by atoms with Crippen LogP contribution >= 0.6 is 0 Å². The van der Waals surface area contributed by atoms with E-state index in [1.165, 1.54) is 60.5 Å². The Labute approximate surface area is 211 Å². The van der Waals surface area contributed by atoms with Crippen LogP contribution in [0.4, 0.5) is 0 Å². The van der Waals surface area contributed by atoms with Gasteiger partial charge in [0.15, 0.2) is 0 Å². The van der Waals surface area contributed by atoms with Crippen molar-refractivity contribution in [2.24, 2.45) is 0 Å². The molecule has 8 rings (SSSR count). The van der Waals surface area contributed by atoms with Crippen LogP contribution in [0, 0.1) is 0 Å². The molecule has 1 unspecified atom stereocenters. The standard InChI is InChI=1S/C35H26O/c1-35(2)30-19-24(13-15-26(30)29-17-22-7-3-4-8-23(22)18-31(29)35)25-14-16-27-28-11-5-9-21-10-6-12-32(34(21)28)36-33(27)20-25/h3-14,16-20,26H,15H2,1-2H3. The number of hydrogen-bond acceptors (Lipinski definition) is 1. The Hall–Kier alpha value is -4.10. The van der Waals surface area contributed by atoms with Gasteiger partial charge in [0.1, 0.15) is 11.5 Å². The average molecular weight is 463 g/mol. The quantitative estimate of drug-likeness (QED) is 0.236. The van der Waals surface area contributed by atoms with E-state index < -0.39 is 0 Å². The lowest BCUT2D eigenvalue weighted by molar-refractivity contribution is 0.487. The van der Waals surface area contributed by atoms with E-state index in [1.54, 1.807) is 0 Å². The molecule has 5 aromatic rings. The van der Waals surface area contributed by atoms with Crippen LogP contribution in [0.1, 0.15) is 42.9 Å². The molecule has 1 heteroatoms. The van der Waals surface area contributed by atoms with Gasteiger partial charge in [-0.3, -0.25) is 0 Å². The molecule has 1 nitrogen and oxygen atoms in total. The molecular formula is C35H26O. The molecule has 0 radical (unpaired) electrons. The summed E-state index contributed by atoms with van der Waals surface area (Å²) in [6.07, 6.45) is 5.92. The van der Waals surface area contributed by atoms with Crippen LogP contribution in [-0.4, -0.2) is 0 Å². The molecule has 172 valence electrons. The summed E-state index contributed by atoms with van der Waals surface area (Å²) in [6.45, 7) is 4.78. The minimum atomic E-state index is 0.0167. The van der Waals surface area contributed by atoms with Crippen molar-refractivity contribution >= 4 is 27.1 Å². The number of rotatable bonds is 1. The van der Waals surface area contributed by atoms with Crippen LogP contribution in [0.2, 0.25) is 0 Å². The highest BCUT2D eigenvalue weighted by Gasteiger charge is 2.42. The van der Waals surface area contributed by atoms with Gasteiger partial charge >= 0.3 is 0 Å². The van der Waals surface area contributed by atoms with Gasteiger partial charge in [-0.1, -0.05) is 98.3 Å².